The normalized spacial score (nSPS) is 12.5. The Hall–Kier alpha value is -2.43. The van der Waals surface area contributed by atoms with Gasteiger partial charge in [-0.15, -0.1) is 0 Å². The molecule has 1 heterocycles. The highest BCUT2D eigenvalue weighted by Gasteiger charge is 2.19. The van der Waals surface area contributed by atoms with Crippen molar-refractivity contribution in [1.82, 2.24) is 15.3 Å². The van der Waals surface area contributed by atoms with Crippen LogP contribution in [0.5, 0.6) is 0 Å². The highest BCUT2D eigenvalue weighted by Crippen LogP contribution is 2.09. The molecule has 1 atom stereocenters. The fourth-order valence-electron chi connectivity index (χ4n) is 2.11. The van der Waals surface area contributed by atoms with Crippen LogP contribution in [0.25, 0.3) is 0 Å². The zero-order valence-electron chi connectivity index (χ0n) is 14.1. The summed E-state index contributed by atoms with van der Waals surface area (Å²) in [4.78, 5) is 20.9. The second-order valence-electron chi connectivity index (χ2n) is 6.63. The van der Waals surface area contributed by atoms with Gasteiger partial charge in [0.1, 0.15) is 17.7 Å². The van der Waals surface area contributed by atoms with Crippen molar-refractivity contribution >= 4 is 11.7 Å². The Kier molecular flexibility index (Phi) is 5.32. The third-order valence-electron chi connectivity index (χ3n) is 3.17. The summed E-state index contributed by atoms with van der Waals surface area (Å²) in [5.41, 5.74) is 0.903. The molecule has 0 aliphatic rings. The van der Waals surface area contributed by atoms with Crippen molar-refractivity contribution in [2.24, 2.45) is 0 Å². The van der Waals surface area contributed by atoms with E-state index in [1.54, 1.807) is 12.3 Å². The van der Waals surface area contributed by atoms with Crippen LogP contribution in [0.1, 0.15) is 39.1 Å². The second-order valence-corrected chi connectivity index (χ2v) is 6.63. The fraction of sp³-hybridized carbons (Fsp3) is 0.389. The van der Waals surface area contributed by atoms with Crippen LogP contribution in [-0.4, -0.2) is 27.5 Å². The average Bonchev–Trinajstić information content (AvgIpc) is 2.47. The topological polar surface area (TPSA) is 66.9 Å². The maximum atomic E-state index is 12.1. The molecule has 2 N–H and O–H groups in total. The molecule has 0 fully saturated rings. The molecule has 23 heavy (non-hydrogen) atoms. The van der Waals surface area contributed by atoms with Crippen LogP contribution in [0.4, 0.5) is 5.82 Å². The number of nitrogens with zero attached hydrogens (tertiary/aromatic N) is 2. The molecule has 0 aliphatic heterocycles. The van der Waals surface area contributed by atoms with E-state index in [2.05, 4.69) is 20.6 Å². The minimum atomic E-state index is -0.367. The number of nitrogens with one attached hydrogen (secondary N) is 2. The number of carbonyl (C=O) groups excluding carboxylic acids is 1. The quantitative estimate of drug-likeness (QED) is 0.891. The van der Waals surface area contributed by atoms with Crippen molar-refractivity contribution in [2.45, 2.75) is 45.7 Å². The van der Waals surface area contributed by atoms with E-state index in [1.165, 1.54) is 0 Å². The molecule has 0 aliphatic carbocycles. The van der Waals surface area contributed by atoms with E-state index < -0.39 is 0 Å². The number of amides is 1. The van der Waals surface area contributed by atoms with Crippen LogP contribution in [0.2, 0.25) is 0 Å². The number of hydrogen-bond acceptors (Lipinski definition) is 4. The van der Waals surface area contributed by atoms with Gasteiger partial charge >= 0.3 is 0 Å². The molecule has 122 valence electrons. The Morgan fingerprint density at radius 2 is 1.87 bits per heavy atom. The molecule has 5 nitrogen and oxygen atoms in total. The maximum Gasteiger partial charge on any atom is 0.242 e. The van der Waals surface area contributed by atoms with Gasteiger partial charge in [0, 0.05) is 18.2 Å². The van der Waals surface area contributed by atoms with E-state index in [1.807, 2.05) is 58.0 Å². The summed E-state index contributed by atoms with van der Waals surface area (Å²) in [5, 5.41) is 6.08. The van der Waals surface area contributed by atoms with Crippen LogP contribution < -0.4 is 10.6 Å². The lowest BCUT2D eigenvalue weighted by molar-refractivity contribution is -0.122. The average molecular weight is 312 g/mol. The third kappa shape index (κ3) is 5.70. The first-order chi connectivity index (χ1) is 10.8. The molecule has 0 bridgehead atoms. The SMILES string of the molecule is CC(Nc1ccnc(Cc2ccccc2)n1)C(=O)NC(C)(C)C. The number of hydrogen-bond donors (Lipinski definition) is 2. The Bertz CT molecular complexity index is 650. The van der Waals surface area contributed by atoms with Crippen LogP contribution in [0, 0.1) is 0 Å². The molecule has 2 rings (SSSR count). The smallest absolute Gasteiger partial charge is 0.242 e. The summed E-state index contributed by atoms with van der Waals surface area (Å²) < 4.78 is 0. The Balaban J connectivity index is 2.01. The predicted octanol–water partition coefficient (Wildman–Crippen LogP) is 2.78. The Morgan fingerprint density at radius 3 is 2.52 bits per heavy atom. The van der Waals surface area contributed by atoms with Gasteiger partial charge in [0.05, 0.1) is 0 Å². The molecule has 1 unspecified atom stereocenters. The van der Waals surface area contributed by atoms with E-state index in [-0.39, 0.29) is 17.5 Å². The summed E-state index contributed by atoms with van der Waals surface area (Å²) in [7, 11) is 0. The zero-order valence-corrected chi connectivity index (χ0v) is 14.1. The number of benzene rings is 1. The maximum absolute atomic E-state index is 12.1. The van der Waals surface area contributed by atoms with Crippen LogP contribution in [-0.2, 0) is 11.2 Å². The predicted molar refractivity (Wildman–Crippen MR) is 92.3 cm³/mol. The van der Waals surface area contributed by atoms with Crippen LogP contribution in [0.15, 0.2) is 42.6 Å². The molecular formula is C18H24N4O. The van der Waals surface area contributed by atoms with Crippen molar-refractivity contribution in [3.05, 3.63) is 54.0 Å². The minimum absolute atomic E-state index is 0.0549. The summed E-state index contributed by atoms with van der Waals surface area (Å²) in [6.07, 6.45) is 2.38. The molecule has 5 heteroatoms. The van der Waals surface area contributed by atoms with Crippen molar-refractivity contribution in [3.63, 3.8) is 0 Å². The minimum Gasteiger partial charge on any atom is -0.359 e. The van der Waals surface area contributed by atoms with Gasteiger partial charge in [0.15, 0.2) is 0 Å². The number of carbonyl (C=O) groups is 1. The van der Waals surface area contributed by atoms with Gasteiger partial charge in [-0.05, 0) is 39.3 Å². The Labute approximate surface area is 137 Å². The lowest BCUT2D eigenvalue weighted by Crippen LogP contribution is -2.47. The van der Waals surface area contributed by atoms with Crippen molar-refractivity contribution in [3.8, 4) is 0 Å². The monoisotopic (exact) mass is 312 g/mol. The zero-order chi connectivity index (χ0) is 16.9. The van der Waals surface area contributed by atoms with Gasteiger partial charge in [-0.25, -0.2) is 9.97 Å². The molecular weight excluding hydrogens is 288 g/mol. The standard InChI is InChI=1S/C18H24N4O/c1-13(17(23)22-18(2,3)4)20-15-10-11-19-16(21-15)12-14-8-6-5-7-9-14/h5-11,13H,12H2,1-4H3,(H,22,23)(H,19,20,21). The van der Waals surface area contributed by atoms with E-state index in [4.69, 9.17) is 0 Å². The summed E-state index contributed by atoms with van der Waals surface area (Å²) in [5.74, 6) is 1.33. The molecule has 0 radical (unpaired) electrons. The first-order valence-electron chi connectivity index (χ1n) is 7.78. The van der Waals surface area contributed by atoms with Crippen LogP contribution in [0.3, 0.4) is 0 Å². The Morgan fingerprint density at radius 1 is 1.17 bits per heavy atom. The second kappa shape index (κ2) is 7.22. The first kappa shape index (κ1) is 16.9. The van der Waals surface area contributed by atoms with Crippen LogP contribution >= 0.6 is 0 Å². The molecule has 1 aromatic heterocycles. The van der Waals surface area contributed by atoms with E-state index >= 15 is 0 Å². The lowest BCUT2D eigenvalue weighted by atomic mass is 10.1. The van der Waals surface area contributed by atoms with Gasteiger partial charge in [-0.3, -0.25) is 4.79 Å². The van der Waals surface area contributed by atoms with Crippen molar-refractivity contribution in [2.75, 3.05) is 5.32 Å². The van der Waals surface area contributed by atoms with Gasteiger partial charge in [-0.2, -0.15) is 0 Å². The van der Waals surface area contributed by atoms with Gasteiger partial charge in [0.25, 0.3) is 0 Å². The van der Waals surface area contributed by atoms with Gasteiger partial charge < -0.3 is 10.6 Å². The fourth-order valence-corrected chi connectivity index (χ4v) is 2.11. The molecule has 1 aromatic carbocycles. The summed E-state index contributed by atoms with van der Waals surface area (Å²) >= 11 is 0. The number of rotatable bonds is 5. The summed E-state index contributed by atoms with van der Waals surface area (Å²) in [6, 6.07) is 11.5. The van der Waals surface area contributed by atoms with Crippen molar-refractivity contribution in [1.29, 1.82) is 0 Å². The third-order valence-corrected chi connectivity index (χ3v) is 3.17. The number of aromatic nitrogens is 2. The first-order valence-corrected chi connectivity index (χ1v) is 7.78. The molecule has 1 amide bonds. The van der Waals surface area contributed by atoms with Gasteiger partial charge in [-0.1, -0.05) is 30.3 Å². The highest BCUT2D eigenvalue weighted by atomic mass is 16.2. The molecule has 0 saturated heterocycles. The lowest BCUT2D eigenvalue weighted by Gasteiger charge is -2.23. The van der Waals surface area contributed by atoms with Gasteiger partial charge in [0.2, 0.25) is 5.91 Å². The van der Waals surface area contributed by atoms with Crippen molar-refractivity contribution < 1.29 is 4.79 Å². The molecule has 2 aromatic rings. The van der Waals surface area contributed by atoms with E-state index in [9.17, 15) is 4.79 Å². The largest absolute Gasteiger partial charge is 0.359 e. The van der Waals surface area contributed by atoms with E-state index in [0.717, 1.165) is 11.4 Å². The molecule has 0 spiro atoms. The molecule has 0 saturated carbocycles. The van der Waals surface area contributed by atoms with E-state index in [0.29, 0.717) is 12.2 Å². The highest BCUT2D eigenvalue weighted by molar-refractivity contribution is 5.84. The number of anilines is 1. The summed E-state index contributed by atoms with van der Waals surface area (Å²) in [6.45, 7) is 7.70.